The van der Waals surface area contributed by atoms with Gasteiger partial charge in [0.1, 0.15) is 5.51 Å². The number of likely N-dealkylation sites (tertiary alicyclic amines) is 2. The van der Waals surface area contributed by atoms with Crippen LogP contribution >= 0.6 is 22.9 Å². The third-order valence-corrected chi connectivity index (χ3v) is 6.84. The number of aromatic nitrogens is 2. The Hall–Kier alpha value is -2.23. The molecular formula is C21H27ClN6O2S. The number of piperidine rings is 2. The van der Waals surface area contributed by atoms with E-state index in [0.29, 0.717) is 31.1 Å². The minimum atomic E-state index is -0.0935. The lowest BCUT2D eigenvalue weighted by molar-refractivity contribution is -0.121. The van der Waals surface area contributed by atoms with Crippen LogP contribution in [0.1, 0.15) is 31.2 Å². The average molecular weight is 463 g/mol. The molecule has 0 unspecified atom stereocenters. The van der Waals surface area contributed by atoms with Gasteiger partial charge >= 0.3 is 6.03 Å². The second-order valence-corrected chi connectivity index (χ2v) is 9.39. The Balaban J connectivity index is 1.16. The van der Waals surface area contributed by atoms with E-state index < -0.39 is 0 Å². The van der Waals surface area contributed by atoms with Crippen molar-refractivity contribution in [2.45, 2.75) is 38.3 Å². The van der Waals surface area contributed by atoms with E-state index >= 15 is 0 Å². The summed E-state index contributed by atoms with van der Waals surface area (Å²) in [4.78, 5) is 29.2. The van der Waals surface area contributed by atoms with Crippen LogP contribution in [0, 0.1) is 5.92 Å². The van der Waals surface area contributed by atoms with E-state index in [4.69, 9.17) is 11.6 Å². The van der Waals surface area contributed by atoms with Crippen molar-refractivity contribution in [2.75, 3.05) is 31.5 Å². The number of anilines is 1. The van der Waals surface area contributed by atoms with E-state index in [9.17, 15) is 9.59 Å². The molecule has 0 spiro atoms. The summed E-state index contributed by atoms with van der Waals surface area (Å²) in [5, 5.41) is 14.8. The van der Waals surface area contributed by atoms with Crippen LogP contribution in [0.4, 0.5) is 9.93 Å². The van der Waals surface area contributed by atoms with Crippen molar-refractivity contribution in [2.24, 2.45) is 5.92 Å². The molecule has 0 atom stereocenters. The van der Waals surface area contributed by atoms with Gasteiger partial charge in [-0.05, 0) is 43.4 Å². The number of hydrogen-bond donors (Lipinski definition) is 2. The minimum absolute atomic E-state index is 0.0147. The van der Waals surface area contributed by atoms with Gasteiger partial charge in [0.25, 0.3) is 0 Å². The van der Waals surface area contributed by atoms with Gasteiger partial charge in [-0.3, -0.25) is 9.69 Å². The molecule has 3 amide bonds. The highest BCUT2D eigenvalue weighted by Gasteiger charge is 2.29. The molecule has 4 rings (SSSR count). The summed E-state index contributed by atoms with van der Waals surface area (Å²) >= 11 is 7.26. The molecule has 2 N–H and O–H groups in total. The predicted octanol–water partition coefficient (Wildman–Crippen LogP) is 3.22. The number of amides is 3. The highest BCUT2D eigenvalue weighted by atomic mass is 35.5. The molecule has 10 heteroatoms. The van der Waals surface area contributed by atoms with Gasteiger partial charge in [0.15, 0.2) is 0 Å². The van der Waals surface area contributed by atoms with Gasteiger partial charge in [-0.15, -0.1) is 10.2 Å². The molecule has 31 heavy (non-hydrogen) atoms. The Kier molecular flexibility index (Phi) is 7.37. The quantitative estimate of drug-likeness (QED) is 0.712. The summed E-state index contributed by atoms with van der Waals surface area (Å²) in [5.74, 6) is -0.131. The fourth-order valence-electron chi connectivity index (χ4n) is 4.13. The topological polar surface area (TPSA) is 90.5 Å². The molecule has 166 valence electrons. The van der Waals surface area contributed by atoms with E-state index in [0.717, 1.165) is 37.5 Å². The average Bonchev–Trinajstić information content (AvgIpc) is 3.30. The van der Waals surface area contributed by atoms with Crippen molar-refractivity contribution in [3.63, 3.8) is 0 Å². The summed E-state index contributed by atoms with van der Waals surface area (Å²) in [5.41, 5.74) is 2.84. The third kappa shape index (κ3) is 6.15. The van der Waals surface area contributed by atoms with Crippen molar-refractivity contribution in [1.82, 2.24) is 25.3 Å². The molecule has 2 fully saturated rings. The van der Waals surface area contributed by atoms with Crippen molar-refractivity contribution < 1.29 is 9.59 Å². The Morgan fingerprint density at radius 2 is 1.77 bits per heavy atom. The molecule has 2 aliphatic heterocycles. The van der Waals surface area contributed by atoms with Gasteiger partial charge in [-0.2, -0.15) is 0 Å². The molecule has 8 nitrogen and oxygen atoms in total. The van der Waals surface area contributed by atoms with Crippen molar-refractivity contribution in [3.8, 4) is 0 Å². The zero-order valence-electron chi connectivity index (χ0n) is 17.3. The number of rotatable bonds is 5. The molecular weight excluding hydrogens is 436 g/mol. The standard InChI is InChI=1S/C21H27ClN6O2S/c22-17-3-1-15(2-4-17)13-27-9-7-18(8-10-27)24-21(30)28-11-5-16(6-12-28)19(29)25-20-26-23-14-31-20/h1-4,14,16,18H,5-13H2,(H,24,30)(H,25,26,29). The molecule has 2 aromatic rings. The lowest BCUT2D eigenvalue weighted by atomic mass is 9.96. The summed E-state index contributed by atoms with van der Waals surface area (Å²) < 4.78 is 0. The van der Waals surface area contributed by atoms with Crippen molar-refractivity contribution in [1.29, 1.82) is 0 Å². The maximum atomic E-state index is 12.7. The Bertz CT molecular complexity index is 863. The summed E-state index contributed by atoms with van der Waals surface area (Å²) in [6.07, 6.45) is 3.22. The van der Waals surface area contributed by atoms with E-state index in [1.165, 1.54) is 16.9 Å². The first kappa shape index (κ1) is 22.0. The van der Waals surface area contributed by atoms with Gasteiger partial charge in [-0.25, -0.2) is 4.79 Å². The first-order chi connectivity index (χ1) is 15.1. The number of hydrogen-bond acceptors (Lipinski definition) is 6. The third-order valence-electron chi connectivity index (χ3n) is 5.98. The van der Waals surface area contributed by atoms with E-state index in [1.54, 1.807) is 5.51 Å². The van der Waals surface area contributed by atoms with E-state index in [2.05, 4.69) is 37.9 Å². The second-order valence-electron chi connectivity index (χ2n) is 8.12. The second kappa shape index (κ2) is 10.4. The van der Waals surface area contributed by atoms with Gasteiger partial charge in [0, 0.05) is 49.7 Å². The highest BCUT2D eigenvalue weighted by molar-refractivity contribution is 7.13. The monoisotopic (exact) mass is 462 g/mol. The van der Waals surface area contributed by atoms with Crippen LogP contribution in [0.15, 0.2) is 29.8 Å². The number of nitrogens with one attached hydrogen (secondary N) is 2. The maximum absolute atomic E-state index is 12.7. The zero-order chi connectivity index (χ0) is 21.6. The number of urea groups is 1. The number of carbonyl (C=O) groups excluding carboxylic acids is 2. The molecule has 0 bridgehead atoms. The molecule has 0 radical (unpaired) electrons. The van der Waals surface area contributed by atoms with Crippen LogP contribution in [0.5, 0.6) is 0 Å². The normalized spacial score (nSPS) is 18.7. The van der Waals surface area contributed by atoms with E-state index in [1.807, 2.05) is 17.0 Å². The predicted molar refractivity (Wildman–Crippen MR) is 121 cm³/mol. The van der Waals surface area contributed by atoms with Crippen LogP contribution in [-0.2, 0) is 11.3 Å². The molecule has 1 aromatic carbocycles. The maximum Gasteiger partial charge on any atom is 0.317 e. The van der Waals surface area contributed by atoms with Crippen LogP contribution in [-0.4, -0.2) is 64.2 Å². The lowest BCUT2D eigenvalue weighted by Crippen LogP contribution is -2.51. The SMILES string of the molecule is O=C(Nc1nncs1)C1CCN(C(=O)NC2CCN(Cc3ccc(Cl)cc3)CC2)CC1. The Labute approximate surface area is 191 Å². The van der Waals surface area contributed by atoms with Crippen molar-refractivity contribution >= 4 is 40.0 Å². The Morgan fingerprint density at radius 3 is 2.42 bits per heavy atom. The summed E-state index contributed by atoms with van der Waals surface area (Å²) in [7, 11) is 0. The van der Waals surface area contributed by atoms with Crippen molar-refractivity contribution in [3.05, 3.63) is 40.4 Å². The molecule has 3 heterocycles. The van der Waals surface area contributed by atoms with Gasteiger partial charge < -0.3 is 15.5 Å². The van der Waals surface area contributed by atoms with Crippen LogP contribution < -0.4 is 10.6 Å². The van der Waals surface area contributed by atoms with Crippen LogP contribution in [0.25, 0.3) is 0 Å². The first-order valence-electron chi connectivity index (χ1n) is 10.7. The van der Waals surface area contributed by atoms with Crippen LogP contribution in [0.3, 0.4) is 0 Å². The number of carbonyl (C=O) groups is 2. The molecule has 2 saturated heterocycles. The number of halogens is 1. The zero-order valence-corrected chi connectivity index (χ0v) is 18.9. The fraction of sp³-hybridized carbons (Fsp3) is 0.524. The molecule has 0 aliphatic carbocycles. The number of benzene rings is 1. The van der Waals surface area contributed by atoms with E-state index in [-0.39, 0.29) is 23.9 Å². The summed E-state index contributed by atoms with van der Waals surface area (Å²) in [6, 6.07) is 8.16. The van der Waals surface area contributed by atoms with Gasteiger partial charge in [0.05, 0.1) is 0 Å². The molecule has 1 aromatic heterocycles. The molecule has 2 aliphatic rings. The highest BCUT2D eigenvalue weighted by Crippen LogP contribution is 2.21. The number of nitrogens with zero attached hydrogens (tertiary/aromatic N) is 4. The lowest BCUT2D eigenvalue weighted by Gasteiger charge is -2.35. The molecule has 0 saturated carbocycles. The van der Waals surface area contributed by atoms with Gasteiger partial charge in [-0.1, -0.05) is 35.1 Å². The fourth-order valence-corrected chi connectivity index (χ4v) is 4.70. The summed E-state index contributed by atoms with van der Waals surface area (Å²) in [6.45, 7) is 4.01. The van der Waals surface area contributed by atoms with Gasteiger partial charge in [0.2, 0.25) is 11.0 Å². The minimum Gasteiger partial charge on any atom is -0.335 e. The largest absolute Gasteiger partial charge is 0.335 e. The Morgan fingerprint density at radius 1 is 1.06 bits per heavy atom. The smallest absolute Gasteiger partial charge is 0.317 e. The van der Waals surface area contributed by atoms with Crippen LogP contribution in [0.2, 0.25) is 5.02 Å². The first-order valence-corrected chi connectivity index (χ1v) is 11.9.